The van der Waals surface area contributed by atoms with Crippen molar-refractivity contribution in [3.05, 3.63) is 17.0 Å². The first-order valence-corrected chi connectivity index (χ1v) is 10.0. The molecule has 7 heteroatoms. The van der Waals surface area contributed by atoms with Crippen LogP contribution in [0.3, 0.4) is 0 Å². The zero-order valence-corrected chi connectivity index (χ0v) is 17.2. The number of rotatable bonds is 5. The molecular weight excluding hydrogens is 344 g/mol. The van der Waals surface area contributed by atoms with Gasteiger partial charge in [-0.3, -0.25) is 9.48 Å². The summed E-state index contributed by atoms with van der Waals surface area (Å²) in [5.74, 6) is 0.0796. The average molecular weight is 377 g/mol. The largest absolute Gasteiger partial charge is 0.441 e. The summed E-state index contributed by atoms with van der Waals surface area (Å²) in [4.78, 5) is 28.8. The normalized spacial score (nSPS) is 20.3. The first-order valence-electron chi connectivity index (χ1n) is 10.0. The van der Waals surface area contributed by atoms with E-state index in [4.69, 9.17) is 4.74 Å². The van der Waals surface area contributed by atoms with E-state index < -0.39 is 5.60 Å². The van der Waals surface area contributed by atoms with Gasteiger partial charge in [-0.15, -0.1) is 0 Å². The van der Waals surface area contributed by atoms with Crippen LogP contribution in [0.4, 0.5) is 4.79 Å². The summed E-state index contributed by atoms with van der Waals surface area (Å²) in [5.41, 5.74) is 2.72. The van der Waals surface area contributed by atoms with Crippen LogP contribution < -0.4 is 0 Å². The Kier molecular flexibility index (Phi) is 5.49. The number of aromatic nitrogens is 2. The van der Waals surface area contributed by atoms with E-state index in [1.54, 1.807) is 4.68 Å². The predicted octanol–water partition coefficient (Wildman–Crippen LogP) is 2.81. The molecule has 0 aromatic carbocycles. The van der Waals surface area contributed by atoms with E-state index >= 15 is 0 Å². The zero-order valence-electron chi connectivity index (χ0n) is 17.2. The maximum absolute atomic E-state index is 12.7. The molecule has 150 valence electrons. The van der Waals surface area contributed by atoms with Crippen LogP contribution in [0.5, 0.6) is 0 Å². The fraction of sp³-hybridized carbons (Fsp3) is 0.750. The van der Waals surface area contributed by atoms with Crippen LogP contribution in [0.15, 0.2) is 0 Å². The topological polar surface area (TPSA) is 67.7 Å². The second-order valence-corrected chi connectivity index (χ2v) is 8.15. The highest BCUT2D eigenvalue weighted by Gasteiger charge is 2.48. The van der Waals surface area contributed by atoms with Crippen LogP contribution in [0, 0.1) is 20.8 Å². The molecule has 27 heavy (non-hydrogen) atoms. The van der Waals surface area contributed by atoms with Gasteiger partial charge in [0.25, 0.3) is 0 Å². The van der Waals surface area contributed by atoms with Crippen LogP contribution >= 0.6 is 0 Å². The number of piperidine rings is 1. The van der Waals surface area contributed by atoms with Crippen molar-refractivity contribution >= 4 is 12.0 Å². The molecule has 1 spiro atoms. The lowest BCUT2D eigenvalue weighted by atomic mass is 9.91. The van der Waals surface area contributed by atoms with Gasteiger partial charge in [0.1, 0.15) is 12.1 Å². The van der Waals surface area contributed by atoms with Crippen molar-refractivity contribution in [2.24, 2.45) is 0 Å². The highest BCUT2D eigenvalue weighted by atomic mass is 16.6. The van der Waals surface area contributed by atoms with Crippen molar-refractivity contribution in [1.29, 1.82) is 0 Å². The third-order valence-electron chi connectivity index (χ3n) is 6.29. The summed E-state index contributed by atoms with van der Waals surface area (Å²) in [6.07, 6.45) is 3.24. The van der Waals surface area contributed by atoms with Crippen molar-refractivity contribution in [2.75, 3.05) is 19.6 Å². The summed E-state index contributed by atoms with van der Waals surface area (Å²) in [5, 5.41) is 4.47. The Morgan fingerprint density at radius 1 is 1.26 bits per heavy atom. The molecule has 1 aromatic rings. The van der Waals surface area contributed by atoms with E-state index in [1.165, 1.54) is 0 Å². The monoisotopic (exact) mass is 376 g/mol. The first kappa shape index (κ1) is 19.7. The van der Waals surface area contributed by atoms with Gasteiger partial charge in [0, 0.05) is 37.7 Å². The van der Waals surface area contributed by atoms with Crippen LogP contribution in [0.2, 0.25) is 0 Å². The summed E-state index contributed by atoms with van der Waals surface area (Å²) in [6.45, 7) is 12.4. The van der Waals surface area contributed by atoms with Gasteiger partial charge in [0.05, 0.1) is 12.2 Å². The minimum Gasteiger partial charge on any atom is -0.441 e. The average Bonchev–Trinajstić information content (AvgIpc) is 3.07. The van der Waals surface area contributed by atoms with Crippen molar-refractivity contribution in [2.45, 2.75) is 78.5 Å². The van der Waals surface area contributed by atoms with Gasteiger partial charge >= 0.3 is 6.09 Å². The smallest absolute Gasteiger partial charge is 0.410 e. The maximum atomic E-state index is 12.7. The molecule has 0 N–H and O–H groups in total. The van der Waals surface area contributed by atoms with E-state index in [1.807, 2.05) is 30.6 Å². The van der Waals surface area contributed by atoms with E-state index in [9.17, 15) is 9.59 Å². The number of nitrogens with zero attached hydrogens (tertiary/aromatic N) is 4. The summed E-state index contributed by atoms with van der Waals surface area (Å²) in [7, 11) is 0. The van der Waals surface area contributed by atoms with Crippen molar-refractivity contribution in [3.63, 3.8) is 0 Å². The molecular formula is C20H32N4O3. The highest BCUT2D eigenvalue weighted by molar-refractivity contribution is 5.76. The Morgan fingerprint density at radius 3 is 2.48 bits per heavy atom. The third-order valence-corrected chi connectivity index (χ3v) is 6.29. The molecule has 2 aliphatic rings. The Bertz CT molecular complexity index is 719. The Hall–Kier alpha value is -2.05. The van der Waals surface area contributed by atoms with Crippen LogP contribution in [0.25, 0.3) is 0 Å². The fourth-order valence-electron chi connectivity index (χ4n) is 4.15. The van der Waals surface area contributed by atoms with E-state index in [0.717, 1.165) is 29.8 Å². The second-order valence-electron chi connectivity index (χ2n) is 8.15. The highest BCUT2D eigenvalue weighted by Crippen LogP contribution is 2.34. The van der Waals surface area contributed by atoms with Crippen molar-refractivity contribution in [1.82, 2.24) is 19.6 Å². The lowest BCUT2D eigenvalue weighted by Gasteiger charge is -2.37. The molecule has 0 radical (unpaired) electrons. The van der Waals surface area contributed by atoms with Gasteiger partial charge in [-0.25, -0.2) is 4.79 Å². The zero-order chi connectivity index (χ0) is 19.8. The number of aryl methyl sites for hydroxylation is 1. The molecule has 1 aromatic heterocycles. The summed E-state index contributed by atoms with van der Waals surface area (Å²) >= 11 is 0. The summed E-state index contributed by atoms with van der Waals surface area (Å²) < 4.78 is 7.58. The third kappa shape index (κ3) is 3.82. The van der Waals surface area contributed by atoms with Gasteiger partial charge in [-0.05, 0) is 39.7 Å². The molecule has 2 fully saturated rings. The Morgan fingerprint density at radius 2 is 1.93 bits per heavy atom. The Labute approximate surface area is 161 Å². The number of carbonyl (C=O) groups excluding carboxylic acids is 2. The molecule has 0 bridgehead atoms. The first-order chi connectivity index (χ1) is 12.8. The van der Waals surface area contributed by atoms with Crippen LogP contribution in [-0.4, -0.2) is 62.9 Å². The Balaban J connectivity index is 1.58. The quantitative estimate of drug-likeness (QED) is 0.792. The molecule has 2 amide bonds. The molecule has 7 nitrogen and oxygen atoms in total. The standard InChI is InChI=1S/C20H32N4O3/c1-6-7-14(2)23-13-20(27-19(23)26)8-10-22(11-9-20)18(25)12-24-17(5)15(3)16(4)21-24/h14H,6-13H2,1-5H3/t14-/m1/s1. The van der Waals surface area contributed by atoms with Gasteiger partial charge < -0.3 is 14.5 Å². The van der Waals surface area contributed by atoms with Gasteiger partial charge in [-0.2, -0.15) is 5.10 Å². The lowest BCUT2D eigenvalue weighted by Crippen LogP contribution is -2.50. The SMILES string of the molecule is CCC[C@@H](C)N1CC2(CCN(C(=O)Cn3nc(C)c(C)c3C)CC2)OC1=O. The van der Waals surface area contributed by atoms with Crippen molar-refractivity contribution in [3.8, 4) is 0 Å². The fourth-order valence-corrected chi connectivity index (χ4v) is 4.15. The minimum absolute atomic E-state index is 0.0796. The van der Waals surface area contributed by atoms with Gasteiger partial charge in [0.15, 0.2) is 0 Å². The minimum atomic E-state index is -0.426. The molecule has 0 saturated carbocycles. The van der Waals surface area contributed by atoms with Gasteiger partial charge in [0.2, 0.25) is 5.91 Å². The van der Waals surface area contributed by atoms with E-state index in [2.05, 4.69) is 18.9 Å². The number of hydrogen-bond donors (Lipinski definition) is 0. The predicted molar refractivity (Wildman–Crippen MR) is 103 cm³/mol. The maximum Gasteiger partial charge on any atom is 0.410 e. The molecule has 3 rings (SSSR count). The molecule has 2 saturated heterocycles. The molecule has 0 unspecified atom stereocenters. The lowest BCUT2D eigenvalue weighted by molar-refractivity contribution is -0.135. The van der Waals surface area contributed by atoms with Crippen LogP contribution in [-0.2, 0) is 16.1 Å². The number of likely N-dealkylation sites (tertiary alicyclic amines) is 1. The van der Waals surface area contributed by atoms with Crippen molar-refractivity contribution < 1.29 is 14.3 Å². The van der Waals surface area contributed by atoms with E-state index in [0.29, 0.717) is 32.5 Å². The molecule has 3 heterocycles. The number of hydrogen-bond acceptors (Lipinski definition) is 4. The number of carbonyl (C=O) groups is 2. The van der Waals surface area contributed by atoms with Gasteiger partial charge in [-0.1, -0.05) is 13.3 Å². The molecule has 1 atom stereocenters. The molecule has 2 aliphatic heterocycles. The van der Waals surface area contributed by atoms with Crippen LogP contribution in [0.1, 0.15) is 56.5 Å². The molecule has 0 aliphatic carbocycles. The second kappa shape index (κ2) is 7.52. The van der Waals surface area contributed by atoms with E-state index in [-0.39, 0.29) is 24.6 Å². The summed E-state index contributed by atoms with van der Waals surface area (Å²) in [6, 6.07) is 0.204. The number of ether oxygens (including phenoxy) is 1. The number of amides is 2.